The van der Waals surface area contributed by atoms with E-state index in [0.29, 0.717) is 19.4 Å². The summed E-state index contributed by atoms with van der Waals surface area (Å²) in [5.41, 5.74) is 0. The van der Waals surface area contributed by atoms with Gasteiger partial charge in [0.2, 0.25) is 0 Å². The first kappa shape index (κ1) is 66.1. The van der Waals surface area contributed by atoms with Gasteiger partial charge in [0.1, 0.15) is 6.61 Å². The predicted molar refractivity (Wildman–Crippen MR) is 298 cm³/mol. The molecule has 400 valence electrons. The van der Waals surface area contributed by atoms with Crippen LogP contribution in [0.15, 0.2) is 36.5 Å². The minimum atomic E-state index is -0.541. The lowest BCUT2D eigenvalue weighted by atomic mass is 10.1. The fraction of sp³-hybridized carbons (Fsp3) is 0.873. The van der Waals surface area contributed by atoms with Gasteiger partial charge in [-0.1, -0.05) is 256 Å². The molecule has 1 atom stereocenters. The molecule has 0 aliphatic carbocycles. The monoisotopic (exact) mass is 955 g/mol. The predicted octanol–water partition coefficient (Wildman–Crippen LogP) is 20.9. The van der Waals surface area contributed by atoms with E-state index in [-0.39, 0.29) is 25.2 Å². The van der Waals surface area contributed by atoms with Gasteiger partial charge in [0.05, 0.1) is 6.61 Å². The van der Waals surface area contributed by atoms with Crippen molar-refractivity contribution in [3.63, 3.8) is 0 Å². The lowest BCUT2D eigenvalue weighted by molar-refractivity contribution is -0.163. The number of rotatable bonds is 57. The molecule has 0 aliphatic heterocycles. The Kier molecular flexibility index (Phi) is 57.8. The smallest absolute Gasteiger partial charge is 0.306 e. The second-order valence-electron chi connectivity index (χ2n) is 20.6. The number of hydrogen-bond donors (Lipinski definition) is 0. The van der Waals surface area contributed by atoms with E-state index >= 15 is 0 Å². The quantitative estimate of drug-likeness (QED) is 0.0345. The van der Waals surface area contributed by atoms with Gasteiger partial charge in [-0.05, 0) is 96.3 Å². The van der Waals surface area contributed by atoms with E-state index in [1.54, 1.807) is 0 Å². The maximum Gasteiger partial charge on any atom is 0.306 e. The fourth-order valence-electron chi connectivity index (χ4n) is 9.03. The minimum absolute atomic E-state index is 0.0836. The average Bonchev–Trinajstić information content (AvgIpc) is 3.34. The van der Waals surface area contributed by atoms with Crippen molar-refractivity contribution in [3.05, 3.63) is 36.5 Å². The van der Waals surface area contributed by atoms with Crippen LogP contribution in [0.4, 0.5) is 0 Å². The van der Waals surface area contributed by atoms with Crippen LogP contribution in [-0.2, 0) is 23.8 Å². The highest BCUT2D eigenvalue weighted by Gasteiger charge is 2.17. The highest BCUT2D eigenvalue weighted by molar-refractivity contribution is 5.70. The summed E-state index contributed by atoms with van der Waals surface area (Å²) in [5, 5.41) is 0. The van der Waals surface area contributed by atoms with Gasteiger partial charge >= 0.3 is 11.9 Å². The number of esters is 2. The molecule has 68 heavy (non-hydrogen) atoms. The second kappa shape index (κ2) is 59.4. The molecular formula is C63H118O5. The molecule has 0 aromatic rings. The minimum Gasteiger partial charge on any atom is -0.462 e. The Labute approximate surface area is 425 Å². The number of carbonyl (C=O) groups excluding carboxylic acids is 2. The zero-order valence-corrected chi connectivity index (χ0v) is 46.1. The van der Waals surface area contributed by atoms with Gasteiger partial charge in [-0.25, -0.2) is 0 Å². The Morgan fingerprint density at radius 2 is 0.574 bits per heavy atom. The first-order valence-corrected chi connectivity index (χ1v) is 30.5. The molecule has 0 heterocycles. The zero-order valence-electron chi connectivity index (χ0n) is 46.1. The van der Waals surface area contributed by atoms with Crippen molar-refractivity contribution < 1.29 is 23.8 Å². The van der Waals surface area contributed by atoms with Crippen LogP contribution in [0, 0.1) is 0 Å². The molecule has 0 aromatic carbocycles. The third-order valence-electron chi connectivity index (χ3n) is 13.6. The van der Waals surface area contributed by atoms with E-state index in [1.807, 2.05) is 0 Å². The lowest BCUT2D eigenvalue weighted by Gasteiger charge is -2.18. The summed E-state index contributed by atoms with van der Waals surface area (Å²) in [6.07, 6.45) is 73.1. The molecule has 1 unspecified atom stereocenters. The highest BCUT2D eigenvalue weighted by atomic mass is 16.6. The first-order chi connectivity index (χ1) is 33.6. The summed E-state index contributed by atoms with van der Waals surface area (Å²) in [5.74, 6) is -0.394. The SMILES string of the molecule is CCCCCCCC/C=C\CCCCCCCCCCCCOCC(COC(=O)CCCCCCCCC/C=C\CCCCCCCC)OC(=O)CCCCCCC/C=C\CCCCCCCC. The zero-order chi connectivity index (χ0) is 49.2. The maximum atomic E-state index is 12.9. The van der Waals surface area contributed by atoms with Gasteiger partial charge < -0.3 is 14.2 Å². The van der Waals surface area contributed by atoms with Crippen molar-refractivity contribution in [1.29, 1.82) is 0 Å². The average molecular weight is 956 g/mol. The van der Waals surface area contributed by atoms with Gasteiger partial charge in [0.25, 0.3) is 0 Å². The van der Waals surface area contributed by atoms with Crippen molar-refractivity contribution >= 4 is 11.9 Å². The summed E-state index contributed by atoms with van der Waals surface area (Å²) >= 11 is 0. The molecule has 5 heteroatoms. The van der Waals surface area contributed by atoms with Crippen LogP contribution >= 0.6 is 0 Å². The topological polar surface area (TPSA) is 61.8 Å². The molecule has 5 nitrogen and oxygen atoms in total. The van der Waals surface area contributed by atoms with Crippen molar-refractivity contribution in [3.8, 4) is 0 Å². The Balaban J connectivity index is 4.24. The van der Waals surface area contributed by atoms with Crippen molar-refractivity contribution in [2.24, 2.45) is 0 Å². The van der Waals surface area contributed by atoms with E-state index in [4.69, 9.17) is 14.2 Å². The molecule has 0 aromatic heterocycles. The normalized spacial score (nSPS) is 12.3. The summed E-state index contributed by atoms with van der Waals surface area (Å²) in [4.78, 5) is 25.5. The number of hydrogen-bond acceptors (Lipinski definition) is 5. The van der Waals surface area contributed by atoms with Crippen LogP contribution in [-0.4, -0.2) is 37.9 Å². The summed E-state index contributed by atoms with van der Waals surface area (Å²) < 4.78 is 17.5. The molecule has 0 radical (unpaired) electrons. The maximum absolute atomic E-state index is 12.9. The van der Waals surface area contributed by atoms with Crippen molar-refractivity contribution in [1.82, 2.24) is 0 Å². The van der Waals surface area contributed by atoms with Gasteiger partial charge in [-0.15, -0.1) is 0 Å². The Hall–Kier alpha value is -1.88. The number of carbonyl (C=O) groups is 2. The number of unbranched alkanes of at least 4 members (excludes halogenated alkanes) is 40. The Morgan fingerprint density at radius 3 is 0.897 bits per heavy atom. The molecule has 0 rings (SSSR count). The third kappa shape index (κ3) is 56.7. The molecule has 0 N–H and O–H groups in total. The molecule has 0 saturated carbocycles. The van der Waals surface area contributed by atoms with Crippen LogP contribution < -0.4 is 0 Å². The van der Waals surface area contributed by atoms with E-state index in [1.165, 1.54) is 244 Å². The Bertz CT molecular complexity index is 1080. The van der Waals surface area contributed by atoms with E-state index in [9.17, 15) is 9.59 Å². The summed E-state index contributed by atoms with van der Waals surface area (Å²) in [7, 11) is 0. The van der Waals surface area contributed by atoms with Crippen molar-refractivity contribution in [2.45, 2.75) is 335 Å². The lowest BCUT2D eigenvalue weighted by Crippen LogP contribution is -2.30. The molecule has 0 spiro atoms. The van der Waals surface area contributed by atoms with E-state index < -0.39 is 6.10 Å². The van der Waals surface area contributed by atoms with Gasteiger partial charge in [0, 0.05) is 19.4 Å². The molecular weight excluding hydrogens is 837 g/mol. The summed E-state index contributed by atoms with van der Waals surface area (Å²) in [6.45, 7) is 7.86. The third-order valence-corrected chi connectivity index (χ3v) is 13.6. The fourth-order valence-corrected chi connectivity index (χ4v) is 9.03. The van der Waals surface area contributed by atoms with Gasteiger partial charge in [-0.3, -0.25) is 9.59 Å². The number of allylic oxidation sites excluding steroid dienone is 6. The molecule has 0 amide bonds. The molecule has 0 aliphatic rings. The van der Waals surface area contributed by atoms with Crippen LogP contribution in [0.2, 0.25) is 0 Å². The standard InChI is InChI=1S/C63H118O5/c1-4-7-10-13-16-19-22-25-28-30-31-32-34-37-40-43-46-49-52-55-58-66-59-61(68-63(65)57-54-51-48-45-42-39-35-27-24-21-18-15-12-9-6-3)60-67-62(64)56-53-50-47-44-41-38-36-33-29-26-23-20-17-14-11-8-5-2/h25-29,35,61H,4-24,30-34,36-60H2,1-3H3/b28-25-,29-26-,35-27-. The molecule has 0 bridgehead atoms. The van der Waals surface area contributed by atoms with E-state index in [0.717, 1.165) is 51.4 Å². The molecule has 0 saturated heterocycles. The Morgan fingerprint density at radius 1 is 0.309 bits per heavy atom. The van der Waals surface area contributed by atoms with Crippen LogP contribution in [0.5, 0.6) is 0 Å². The van der Waals surface area contributed by atoms with Crippen LogP contribution in [0.25, 0.3) is 0 Å². The largest absolute Gasteiger partial charge is 0.462 e. The van der Waals surface area contributed by atoms with Gasteiger partial charge in [0.15, 0.2) is 6.10 Å². The van der Waals surface area contributed by atoms with Crippen LogP contribution in [0.1, 0.15) is 329 Å². The summed E-state index contributed by atoms with van der Waals surface area (Å²) in [6, 6.07) is 0. The first-order valence-electron chi connectivity index (χ1n) is 30.5. The van der Waals surface area contributed by atoms with E-state index in [2.05, 4.69) is 57.2 Å². The van der Waals surface area contributed by atoms with Gasteiger partial charge in [-0.2, -0.15) is 0 Å². The highest BCUT2D eigenvalue weighted by Crippen LogP contribution is 2.16. The van der Waals surface area contributed by atoms with Crippen LogP contribution in [0.3, 0.4) is 0 Å². The molecule has 0 fully saturated rings. The van der Waals surface area contributed by atoms with Crippen molar-refractivity contribution in [2.75, 3.05) is 19.8 Å². The second-order valence-corrected chi connectivity index (χ2v) is 20.6. The number of ether oxygens (including phenoxy) is 3.